The Labute approximate surface area is 140 Å². The Morgan fingerprint density at radius 2 is 2.35 bits per heavy atom. The third-order valence-corrected chi connectivity index (χ3v) is 5.15. The summed E-state index contributed by atoms with van der Waals surface area (Å²) < 4.78 is 5.31. The number of aromatic nitrogens is 1. The smallest absolute Gasteiger partial charge is 0.266 e. The fourth-order valence-corrected chi connectivity index (χ4v) is 3.99. The van der Waals surface area contributed by atoms with Gasteiger partial charge in [-0.3, -0.25) is 4.79 Å². The molecule has 2 aromatic rings. The number of methoxy groups -OCH3 is 1. The summed E-state index contributed by atoms with van der Waals surface area (Å²) in [6.07, 6.45) is 2.68. The second-order valence-electron chi connectivity index (χ2n) is 5.61. The van der Waals surface area contributed by atoms with Crippen molar-refractivity contribution in [3.8, 4) is 5.75 Å². The molecular weight excluding hydrogens is 310 g/mol. The van der Waals surface area contributed by atoms with Crippen molar-refractivity contribution < 1.29 is 9.53 Å². The Bertz CT molecular complexity index is 714. The van der Waals surface area contributed by atoms with Gasteiger partial charge in [-0.2, -0.15) is 0 Å². The molecular formula is C17H21N3O2S. The molecule has 0 aliphatic carbocycles. The summed E-state index contributed by atoms with van der Waals surface area (Å²) in [5.41, 5.74) is 7.71. The molecule has 1 amide bonds. The van der Waals surface area contributed by atoms with Crippen molar-refractivity contribution in [1.29, 1.82) is 0 Å². The first-order valence-electron chi connectivity index (χ1n) is 7.84. The van der Waals surface area contributed by atoms with Crippen LogP contribution in [0.2, 0.25) is 0 Å². The number of anilines is 1. The molecule has 2 N–H and O–H groups in total. The summed E-state index contributed by atoms with van der Waals surface area (Å²) in [4.78, 5) is 19.9. The SMILES string of the molecule is CCc1nc(N)sc1C(=O)N1CCCC1c1cccc(OC)c1. The highest BCUT2D eigenvalue weighted by atomic mass is 32.1. The minimum Gasteiger partial charge on any atom is -0.497 e. The van der Waals surface area contributed by atoms with Crippen LogP contribution in [0.3, 0.4) is 0 Å². The zero-order chi connectivity index (χ0) is 16.4. The molecule has 0 spiro atoms. The Kier molecular flexibility index (Phi) is 4.52. The number of thiazole rings is 1. The predicted molar refractivity (Wildman–Crippen MR) is 91.9 cm³/mol. The quantitative estimate of drug-likeness (QED) is 0.933. The zero-order valence-corrected chi connectivity index (χ0v) is 14.2. The van der Waals surface area contributed by atoms with Crippen LogP contribution in [0.25, 0.3) is 0 Å². The van der Waals surface area contributed by atoms with E-state index in [1.165, 1.54) is 11.3 Å². The standard InChI is InChI=1S/C17H21N3O2S/c1-3-13-15(23-17(18)19-13)16(21)20-9-5-8-14(20)11-6-4-7-12(10-11)22-2/h4,6-7,10,14H,3,5,8-9H2,1-2H3,(H2,18,19). The van der Waals surface area contributed by atoms with Gasteiger partial charge in [0.15, 0.2) is 5.13 Å². The predicted octanol–water partition coefficient (Wildman–Crippen LogP) is 3.27. The summed E-state index contributed by atoms with van der Waals surface area (Å²) >= 11 is 1.29. The lowest BCUT2D eigenvalue weighted by Gasteiger charge is -2.25. The first-order chi connectivity index (χ1) is 11.1. The van der Waals surface area contributed by atoms with Gasteiger partial charge < -0.3 is 15.4 Å². The molecule has 0 bridgehead atoms. The maximum absolute atomic E-state index is 13.0. The Hall–Kier alpha value is -2.08. The maximum atomic E-state index is 13.0. The van der Waals surface area contributed by atoms with Gasteiger partial charge in [-0.25, -0.2) is 4.98 Å². The molecule has 1 aromatic heterocycles. The highest BCUT2D eigenvalue weighted by Gasteiger charge is 2.32. The van der Waals surface area contributed by atoms with Gasteiger partial charge >= 0.3 is 0 Å². The van der Waals surface area contributed by atoms with Crippen molar-refractivity contribution in [2.24, 2.45) is 0 Å². The third kappa shape index (κ3) is 3.03. The van der Waals surface area contributed by atoms with E-state index in [4.69, 9.17) is 10.5 Å². The summed E-state index contributed by atoms with van der Waals surface area (Å²) in [6, 6.07) is 8.05. The highest BCUT2D eigenvalue weighted by molar-refractivity contribution is 7.17. The number of nitrogens with zero attached hydrogens (tertiary/aromatic N) is 2. The number of likely N-dealkylation sites (tertiary alicyclic amines) is 1. The van der Waals surface area contributed by atoms with Crippen LogP contribution in [0, 0.1) is 0 Å². The molecule has 1 aliphatic rings. The van der Waals surface area contributed by atoms with Gasteiger partial charge in [-0.05, 0) is 37.0 Å². The number of carbonyl (C=O) groups excluding carboxylic acids is 1. The Morgan fingerprint density at radius 1 is 1.52 bits per heavy atom. The molecule has 1 aliphatic heterocycles. The summed E-state index contributed by atoms with van der Waals surface area (Å²) in [5, 5.41) is 0.460. The second kappa shape index (κ2) is 6.58. The van der Waals surface area contributed by atoms with E-state index in [1.54, 1.807) is 7.11 Å². The van der Waals surface area contributed by atoms with Crippen molar-refractivity contribution in [2.75, 3.05) is 19.4 Å². The number of ether oxygens (including phenoxy) is 1. The molecule has 1 fully saturated rings. The van der Waals surface area contributed by atoms with Crippen molar-refractivity contribution in [3.05, 3.63) is 40.4 Å². The number of amides is 1. The number of hydrogen-bond donors (Lipinski definition) is 1. The second-order valence-corrected chi connectivity index (χ2v) is 6.65. The molecule has 5 nitrogen and oxygen atoms in total. The fourth-order valence-electron chi connectivity index (χ4n) is 3.11. The number of aryl methyl sites for hydroxylation is 1. The van der Waals surface area contributed by atoms with E-state index in [2.05, 4.69) is 11.1 Å². The van der Waals surface area contributed by atoms with Crippen LogP contribution in [0.5, 0.6) is 5.75 Å². The lowest BCUT2D eigenvalue weighted by molar-refractivity contribution is 0.0739. The number of nitrogens with two attached hydrogens (primary N) is 1. The van der Waals surface area contributed by atoms with Crippen LogP contribution in [0.4, 0.5) is 5.13 Å². The van der Waals surface area contributed by atoms with Crippen LogP contribution in [-0.4, -0.2) is 29.4 Å². The lowest BCUT2D eigenvalue weighted by atomic mass is 10.0. The largest absolute Gasteiger partial charge is 0.497 e. The molecule has 1 aromatic carbocycles. The number of benzene rings is 1. The van der Waals surface area contributed by atoms with Crippen molar-refractivity contribution in [2.45, 2.75) is 32.2 Å². The average molecular weight is 331 g/mol. The van der Waals surface area contributed by atoms with E-state index in [0.29, 0.717) is 16.4 Å². The maximum Gasteiger partial charge on any atom is 0.266 e. The molecule has 1 atom stereocenters. The average Bonchev–Trinajstić information content (AvgIpc) is 3.20. The topological polar surface area (TPSA) is 68.5 Å². The molecule has 2 heterocycles. The monoisotopic (exact) mass is 331 g/mol. The van der Waals surface area contributed by atoms with Gasteiger partial charge in [0.25, 0.3) is 5.91 Å². The first kappa shape index (κ1) is 15.8. The minimum atomic E-state index is 0.0429. The van der Waals surface area contributed by atoms with E-state index in [1.807, 2.05) is 30.0 Å². The fraction of sp³-hybridized carbons (Fsp3) is 0.412. The molecule has 23 heavy (non-hydrogen) atoms. The van der Waals surface area contributed by atoms with E-state index < -0.39 is 0 Å². The number of hydrogen-bond acceptors (Lipinski definition) is 5. The van der Waals surface area contributed by atoms with Crippen LogP contribution in [0.15, 0.2) is 24.3 Å². The number of rotatable bonds is 4. The number of nitrogen functional groups attached to an aromatic ring is 1. The van der Waals surface area contributed by atoms with Crippen molar-refractivity contribution in [1.82, 2.24) is 9.88 Å². The summed E-state index contributed by atoms with van der Waals surface area (Å²) in [6.45, 7) is 2.76. The third-order valence-electron chi connectivity index (χ3n) is 4.24. The van der Waals surface area contributed by atoms with E-state index in [9.17, 15) is 4.79 Å². The van der Waals surface area contributed by atoms with E-state index in [-0.39, 0.29) is 11.9 Å². The molecule has 122 valence electrons. The molecule has 0 saturated carbocycles. The van der Waals surface area contributed by atoms with Gasteiger partial charge in [0, 0.05) is 6.54 Å². The molecule has 0 radical (unpaired) electrons. The van der Waals surface area contributed by atoms with Crippen LogP contribution < -0.4 is 10.5 Å². The lowest BCUT2D eigenvalue weighted by Crippen LogP contribution is -2.30. The van der Waals surface area contributed by atoms with Gasteiger partial charge in [-0.15, -0.1) is 0 Å². The van der Waals surface area contributed by atoms with Crippen LogP contribution in [-0.2, 0) is 6.42 Å². The van der Waals surface area contributed by atoms with E-state index >= 15 is 0 Å². The van der Waals surface area contributed by atoms with Crippen molar-refractivity contribution >= 4 is 22.4 Å². The molecule has 1 unspecified atom stereocenters. The first-order valence-corrected chi connectivity index (χ1v) is 8.65. The van der Waals surface area contributed by atoms with Crippen LogP contribution >= 0.6 is 11.3 Å². The zero-order valence-electron chi connectivity index (χ0n) is 13.4. The van der Waals surface area contributed by atoms with Gasteiger partial charge in [0.1, 0.15) is 10.6 Å². The minimum absolute atomic E-state index is 0.0429. The van der Waals surface area contributed by atoms with Gasteiger partial charge in [0.05, 0.1) is 18.8 Å². The number of carbonyl (C=O) groups is 1. The summed E-state index contributed by atoms with van der Waals surface area (Å²) in [5.74, 6) is 0.861. The van der Waals surface area contributed by atoms with Crippen LogP contribution in [0.1, 0.15) is 46.7 Å². The normalized spacial score (nSPS) is 17.5. The Morgan fingerprint density at radius 3 is 3.09 bits per heavy atom. The van der Waals surface area contributed by atoms with E-state index in [0.717, 1.165) is 36.4 Å². The Balaban J connectivity index is 1.90. The molecule has 1 saturated heterocycles. The van der Waals surface area contributed by atoms with Crippen molar-refractivity contribution in [3.63, 3.8) is 0 Å². The summed E-state index contributed by atoms with van der Waals surface area (Å²) in [7, 11) is 1.66. The highest BCUT2D eigenvalue weighted by Crippen LogP contribution is 2.36. The van der Waals surface area contributed by atoms with Gasteiger partial charge in [0.2, 0.25) is 0 Å². The van der Waals surface area contributed by atoms with Gasteiger partial charge in [-0.1, -0.05) is 30.4 Å². The molecule has 3 rings (SSSR count). The molecule has 6 heteroatoms.